The summed E-state index contributed by atoms with van der Waals surface area (Å²) >= 11 is 1.38. The molecule has 0 saturated carbocycles. The van der Waals surface area contributed by atoms with Crippen LogP contribution in [0.2, 0.25) is 0 Å². The highest BCUT2D eigenvalue weighted by Gasteiger charge is 2.12. The fourth-order valence-electron chi connectivity index (χ4n) is 1.60. The van der Waals surface area contributed by atoms with E-state index < -0.39 is 4.92 Å². The third kappa shape index (κ3) is 5.05. The SMILES string of the molecule is C=C(C)CN(CC)C(=O)CSc1ccc([N+](=O)[O-])cc1. The van der Waals surface area contributed by atoms with Gasteiger partial charge in [0.2, 0.25) is 5.91 Å². The van der Waals surface area contributed by atoms with Gasteiger partial charge in [0.15, 0.2) is 0 Å². The average Bonchev–Trinajstić information content (AvgIpc) is 2.42. The molecule has 1 amide bonds. The molecule has 0 aromatic heterocycles. The van der Waals surface area contributed by atoms with Crippen molar-refractivity contribution in [1.29, 1.82) is 0 Å². The molecule has 1 aromatic carbocycles. The van der Waals surface area contributed by atoms with Crippen molar-refractivity contribution in [3.05, 3.63) is 46.5 Å². The summed E-state index contributed by atoms with van der Waals surface area (Å²) in [7, 11) is 0. The quantitative estimate of drug-likeness (QED) is 0.335. The minimum absolute atomic E-state index is 0.0406. The molecule has 0 bridgehead atoms. The Hall–Kier alpha value is -1.82. The van der Waals surface area contributed by atoms with Crippen LogP contribution in [0.1, 0.15) is 13.8 Å². The first-order valence-corrected chi connectivity index (χ1v) is 7.22. The van der Waals surface area contributed by atoms with E-state index in [0.717, 1.165) is 10.5 Å². The van der Waals surface area contributed by atoms with E-state index in [2.05, 4.69) is 6.58 Å². The minimum Gasteiger partial charge on any atom is -0.338 e. The predicted molar refractivity (Wildman–Crippen MR) is 80.9 cm³/mol. The van der Waals surface area contributed by atoms with Crippen molar-refractivity contribution in [2.24, 2.45) is 0 Å². The number of carbonyl (C=O) groups is 1. The number of carbonyl (C=O) groups excluding carboxylic acids is 1. The number of amides is 1. The number of non-ortho nitro benzene ring substituents is 1. The van der Waals surface area contributed by atoms with Crippen LogP contribution in [0.15, 0.2) is 41.3 Å². The van der Waals surface area contributed by atoms with Gasteiger partial charge in [-0.1, -0.05) is 12.2 Å². The Morgan fingerprint density at radius 1 is 1.40 bits per heavy atom. The largest absolute Gasteiger partial charge is 0.338 e. The second-order valence-electron chi connectivity index (χ2n) is 4.40. The molecule has 0 atom stereocenters. The summed E-state index contributed by atoms with van der Waals surface area (Å²) in [4.78, 5) is 24.7. The van der Waals surface area contributed by atoms with E-state index >= 15 is 0 Å². The molecule has 0 heterocycles. The van der Waals surface area contributed by atoms with E-state index in [1.165, 1.54) is 23.9 Å². The lowest BCUT2D eigenvalue weighted by Crippen LogP contribution is -2.33. The molecule has 0 spiro atoms. The number of nitro benzene ring substituents is 1. The average molecular weight is 294 g/mol. The van der Waals surface area contributed by atoms with Gasteiger partial charge in [0.05, 0.1) is 10.7 Å². The number of rotatable bonds is 7. The number of hydrogen-bond acceptors (Lipinski definition) is 4. The molecule has 0 saturated heterocycles. The van der Waals surface area contributed by atoms with Gasteiger partial charge in [-0.05, 0) is 26.0 Å². The normalized spacial score (nSPS) is 10.1. The van der Waals surface area contributed by atoms with Crippen molar-refractivity contribution in [1.82, 2.24) is 4.90 Å². The maximum atomic E-state index is 12.0. The van der Waals surface area contributed by atoms with E-state index in [9.17, 15) is 14.9 Å². The van der Waals surface area contributed by atoms with E-state index in [1.54, 1.807) is 17.0 Å². The molecule has 0 aliphatic heterocycles. The molecule has 108 valence electrons. The maximum absolute atomic E-state index is 12.0. The molecule has 0 N–H and O–H groups in total. The summed E-state index contributed by atoms with van der Waals surface area (Å²) in [5.41, 5.74) is 0.999. The topological polar surface area (TPSA) is 63.5 Å². The van der Waals surface area contributed by atoms with Crippen LogP contribution in [0.5, 0.6) is 0 Å². The van der Waals surface area contributed by atoms with Gasteiger partial charge in [-0.15, -0.1) is 11.8 Å². The molecular weight excluding hydrogens is 276 g/mol. The first-order chi connectivity index (χ1) is 9.43. The number of nitrogens with zero attached hydrogens (tertiary/aromatic N) is 2. The Kier molecular flexibility index (Phi) is 6.24. The summed E-state index contributed by atoms with van der Waals surface area (Å²) in [6.07, 6.45) is 0. The Labute approximate surface area is 122 Å². The van der Waals surface area contributed by atoms with E-state index in [1.807, 2.05) is 13.8 Å². The molecule has 0 aliphatic rings. The number of nitro groups is 1. The van der Waals surface area contributed by atoms with Crippen molar-refractivity contribution in [3.8, 4) is 0 Å². The second kappa shape index (κ2) is 7.69. The zero-order valence-electron chi connectivity index (χ0n) is 11.7. The van der Waals surface area contributed by atoms with Gasteiger partial charge in [0, 0.05) is 30.1 Å². The van der Waals surface area contributed by atoms with Gasteiger partial charge in [-0.25, -0.2) is 0 Å². The van der Waals surface area contributed by atoms with Gasteiger partial charge in [-0.3, -0.25) is 14.9 Å². The van der Waals surface area contributed by atoms with Gasteiger partial charge < -0.3 is 4.90 Å². The van der Waals surface area contributed by atoms with Crippen LogP contribution in [-0.2, 0) is 4.79 Å². The Balaban J connectivity index is 2.55. The zero-order chi connectivity index (χ0) is 15.1. The van der Waals surface area contributed by atoms with Crippen molar-refractivity contribution in [2.75, 3.05) is 18.8 Å². The number of likely N-dealkylation sites (N-methyl/N-ethyl adjacent to an activating group) is 1. The van der Waals surface area contributed by atoms with E-state index in [0.29, 0.717) is 18.8 Å². The highest BCUT2D eigenvalue weighted by molar-refractivity contribution is 8.00. The van der Waals surface area contributed by atoms with Crippen LogP contribution in [0.25, 0.3) is 0 Å². The van der Waals surface area contributed by atoms with Crippen LogP contribution in [-0.4, -0.2) is 34.6 Å². The molecule has 1 aromatic rings. The molecular formula is C14H18N2O3S. The molecule has 20 heavy (non-hydrogen) atoms. The predicted octanol–water partition coefficient (Wildman–Crippen LogP) is 3.11. The van der Waals surface area contributed by atoms with E-state index in [-0.39, 0.29) is 11.6 Å². The Bertz CT molecular complexity index is 500. The van der Waals surface area contributed by atoms with Crippen LogP contribution in [0.3, 0.4) is 0 Å². The summed E-state index contributed by atoms with van der Waals surface area (Å²) < 4.78 is 0. The summed E-state index contributed by atoms with van der Waals surface area (Å²) in [5.74, 6) is 0.359. The monoisotopic (exact) mass is 294 g/mol. The van der Waals surface area contributed by atoms with Gasteiger partial charge in [0.25, 0.3) is 5.69 Å². The fraction of sp³-hybridized carbons (Fsp3) is 0.357. The van der Waals surface area contributed by atoms with Crippen molar-refractivity contribution in [2.45, 2.75) is 18.7 Å². The van der Waals surface area contributed by atoms with Crippen LogP contribution >= 0.6 is 11.8 Å². The summed E-state index contributed by atoms with van der Waals surface area (Å²) in [6.45, 7) is 8.83. The maximum Gasteiger partial charge on any atom is 0.269 e. The Morgan fingerprint density at radius 3 is 2.45 bits per heavy atom. The first kappa shape index (κ1) is 16.2. The smallest absolute Gasteiger partial charge is 0.269 e. The van der Waals surface area contributed by atoms with Crippen molar-refractivity contribution < 1.29 is 9.72 Å². The second-order valence-corrected chi connectivity index (χ2v) is 5.45. The molecule has 5 nitrogen and oxygen atoms in total. The highest BCUT2D eigenvalue weighted by atomic mass is 32.2. The fourth-order valence-corrected chi connectivity index (χ4v) is 2.40. The Morgan fingerprint density at radius 2 is 2.00 bits per heavy atom. The lowest BCUT2D eigenvalue weighted by atomic mass is 10.3. The van der Waals surface area contributed by atoms with Crippen LogP contribution in [0.4, 0.5) is 5.69 Å². The first-order valence-electron chi connectivity index (χ1n) is 6.23. The van der Waals surface area contributed by atoms with Gasteiger partial charge in [-0.2, -0.15) is 0 Å². The minimum atomic E-state index is -0.439. The number of benzene rings is 1. The summed E-state index contributed by atoms with van der Waals surface area (Å²) in [6, 6.07) is 6.20. The standard InChI is InChI=1S/C14H18N2O3S/c1-4-15(9-11(2)3)14(17)10-20-13-7-5-12(6-8-13)16(18)19/h5-8H,2,4,9-10H2,1,3H3. The number of thioether (sulfide) groups is 1. The molecule has 0 unspecified atom stereocenters. The lowest BCUT2D eigenvalue weighted by molar-refractivity contribution is -0.384. The van der Waals surface area contributed by atoms with E-state index in [4.69, 9.17) is 0 Å². The van der Waals surface area contributed by atoms with Gasteiger partial charge >= 0.3 is 0 Å². The highest BCUT2D eigenvalue weighted by Crippen LogP contribution is 2.21. The third-order valence-electron chi connectivity index (χ3n) is 2.61. The molecule has 6 heteroatoms. The van der Waals surface area contributed by atoms with Crippen molar-refractivity contribution in [3.63, 3.8) is 0 Å². The summed E-state index contributed by atoms with van der Waals surface area (Å²) in [5, 5.41) is 10.5. The van der Waals surface area contributed by atoms with Crippen molar-refractivity contribution >= 4 is 23.4 Å². The number of hydrogen-bond donors (Lipinski definition) is 0. The lowest BCUT2D eigenvalue weighted by Gasteiger charge is -2.20. The van der Waals surface area contributed by atoms with Gasteiger partial charge in [0.1, 0.15) is 0 Å². The zero-order valence-corrected chi connectivity index (χ0v) is 12.5. The third-order valence-corrected chi connectivity index (χ3v) is 3.60. The molecule has 0 aliphatic carbocycles. The van der Waals surface area contributed by atoms with Crippen LogP contribution < -0.4 is 0 Å². The molecule has 0 fully saturated rings. The molecule has 0 radical (unpaired) electrons. The van der Waals surface area contributed by atoms with Crippen LogP contribution in [0, 0.1) is 10.1 Å². The molecule has 1 rings (SSSR count).